The van der Waals surface area contributed by atoms with Crippen molar-refractivity contribution >= 4 is 32.7 Å². The van der Waals surface area contributed by atoms with Crippen LogP contribution in [-0.2, 0) is 27.2 Å². The van der Waals surface area contributed by atoms with Crippen molar-refractivity contribution < 1.29 is 22.7 Å². The van der Waals surface area contributed by atoms with E-state index in [0.29, 0.717) is 30.2 Å². The van der Waals surface area contributed by atoms with Crippen molar-refractivity contribution in [3.05, 3.63) is 65.9 Å². The number of methoxy groups -OCH3 is 1. The van der Waals surface area contributed by atoms with Gasteiger partial charge in [0.25, 0.3) is 15.9 Å². The van der Waals surface area contributed by atoms with Crippen LogP contribution in [-0.4, -0.2) is 49.4 Å². The molecule has 0 spiro atoms. The Balaban J connectivity index is 1.46. The van der Waals surface area contributed by atoms with Crippen LogP contribution in [0.15, 0.2) is 59.5 Å². The van der Waals surface area contributed by atoms with Crippen LogP contribution in [0.5, 0.6) is 5.75 Å². The summed E-state index contributed by atoms with van der Waals surface area (Å²) in [6.45, 7) is 3.29. The highest BCUT2D eigenvalue weighted by Crippen LogP contribution is 2.37. The van der Waals surface area contributed by atoms with Crippen molar-refractivity contribution in [1.29, 1.82) is 0 Å². The molecule has 1 amide bonds. The molecule has 0 atom stereocenters. The molecule has 1 aliphatic heterocycles. The fraction of sp³-hybridized carbons (Fsp3) is 0.296. The van der Waals surface area contributed by atoms with Gasteiger partial charge in [-0.05, 0) is 54.2 Å². The number of amides is 1. The van der Waals surface area contributed by atoms with E-state index >= 15 is 0 Å². The molecule has 198 valence electrons. The number of rotatable bonds is 6. The van der Waals surface area contributed by atoms with Crippen LogP contribution in [0, 0.1) is 0 Å². The van der Waals surface area contributed by atoms with Crippen molar-refractivity contribution in [2.45, 2.75) is 30.1 Å². The van der Waals surface area contributed by atoms with Gasteiger partial charge >= 0.3 is 0 Å². The van der Waals surface area contributed by atoms with Gasteiger partial charge in [0.1, 0.15) is 22.2 Å². The third-order valence-electron chi connectivity index (χ3n) is 7.13. The molecule has 0 unspecified atom stereocenters. The molecule has 0 aliphatic carbocycles. The summed E-state index contributed by atoms with van der Waals surface area (Å²) in [5.74, 6) is -0.184. The second-order valence-corrected chi connectivity index (χ2v) is 11.3. The summed E-state index contributed by atoms with van der Waals surface area (Å²) < 4.78 is 41.3. The van der Waals surface area contributed by atoms with Crippen molar-refractivity contribution in [1.82, 2.24) is 19.5 Å². The maximum absolute atomic E-state index is 13.4. The predicted octanol–water partition coefficient (Wildman–Crippen LogP) is 3.41. The minimum atomic E-state index is -4.27. The highest BCUT2D eigenvalue weighted by Gasteiger charge is 2.32. The average Bonchev–Trinajstić information content (AvgIpc) is 3.25. The summed E-state index contributed by atoms with van der Waals surface area (Å²) in [5.41, 5.74) is 8.49. The molecule has 0 radical (unpaired) electrons. The Morgan fingerprint density at radius 1 is 1.13 bits per heavy atom. The summed E-state index contributed by atoms with van der Waals surface area (Å²) in [4.78, 5) is 17.4. The molecule has 5 rings (SSSR count). The molecule has 4 aromatic rings. The third-order valence-corrected chi connectivity index (χ3v) is 8.48. The number of nitrogen functional groups attached to an aromatic ring is 1. The number of aryl methyl sites for hydroxylation is 1. The fourth-order valence-electron chi connectivity index (χ4n) is 4.72. The van der Waals surface area contributed by atoms with Crippen LogP contribution in [0.3, 0.4) is 0 Å². The highest BCUT2D eigenvalue weighted by atomic mass is 32.2. The number of ether oxygens (including phenoxy) is 2. The van der Waals surface area contributed by atoms with Gasteiger partial charge in [0.05, 0.1) is 18.3 Å². The lowest BCUT2D eigenvalue weighted by Gasteiger charge is -2.34. The van der Waals surface area contributed by atoms with Gasteiger partial charge < -0.3 is 15.2 Å². The number of fused-ring (bicyclic) bond motifs is 1. The van der Waals surface area contributed by atoms with Crippen LogP contribution in [0.25, 0.3) is 22.2 Å². The first-order chi connectivity index (χ1) is 18.1. The number of nitrogens with one attached hydrogen (secondary N) is 1. The van der Waals surface area contributed by atoms with Crippen molar-refractivity contribution in [2.75, 3.05) is 26.1 Å². The summed E-state index contributed by atoms with van der Waals surface area (Å²) >= 11 is 0. The molecule has 3 N–H and O–H groups in total. The molecule has 38 heavy (non-hydrogen) atoms. The van der Waals surface area contributed by atoms with Gasteiger partial charge in [0.15, 0.2) is 0 Å². The number of anilines is 1. The maximum Gasteiger partial charge on any atom is 0.283 e. The van der Waals surface area contributed by atoms with E-state index in [2.05, 4.69) is 21.7 Å². The Morgan fingerprint density at radius 3 is 2.58 bits per heavy atom. The van der Waals surface area contributed by atoms with E-state index in [1.807, 2.05) is 12.1 Å². The van der Waals surface area contributed by atoms with Crippen LogP contribution in [0.2, 0.25) is 0 Å². The van der Waals surface area contributed by atoms with Crippen LogP contribution in [0.4, 0.5) is 5.82 Å². The summed E-state index contributed by atoms with van der Waals surface area (Å²) in [6.07, 6.45) is 1.53. The molecule has 2 aromatic carbocycles. The molecule has 3 heterocycles. The van der Waals surface area contributed by atoms with Crippen molar-refractivity contribution in [3.8, 4) is 17.0 Å². The lowest BCUT2D eigenvalue weighted by atomic mass is 9.76. The molecule has 1 aliphatic rings. The number of nitrogens with zero attached hydrogens (tertiary/aromatic N) is 3. The van der Waals surface area contributed by atoms with Gasteiger partial charge in [-0.25, -0.2) is 18.1 Å². The molecule has 1 fully saturated rings. The van der Waals surface area contributed by atoms with Gasteiger partial charge in [-0.2, -0.15) is 5.10 Å². The van der Waals surface area contributed by atoms with Gasteiger partial charge in [-0.15, -0.1) is 0 Å². The van der Waals surface area contributed by atoms with Crippen molar-refractivity contribution in [2.24, 2.45) is 7.05 Å². The van der Waals surface area contributed by atoms with E-state index in [4.69, 9.17) is 15.2 Å². The Bertz CT molecular complexity index is 1620. The molecule has 0 bridgehead atoms. The zero-order valence-electron chi connectivity index (χ0n) is 21.4. The maximum atomic E-state index is 13.4. The number of nitrogens with two attached hydrogens (primary N) is 1. The number of sulfonamides is 1. The number of aromatic nitrogens is 3. The first-order valence-electron chi connectivity index (χ1n) is 12.1. The van der Waals surface area contributed by atoms with E-state index in [9.17, 15) is 13.2 Å². The molecule has 1 saturated heterocycles. The zero-order chi connectivity index (χ0) is 27.1. The molecule has 11 heteroatoms. The lowest BCUT2D eigenvalue weighted by molar-refractivity contribution is 0.0563. The summed E-state index contributed by atoms with van der Waals surface area (Å²) in [5, 5.41) is 5.17. The Hall–Kier alpha value is -3.96. The Morgan fingerprint density at radius 2 is 1.89 bits per heavy atom. The number of hydrogen-bond acceptors (Lipinski definition) is 8. The minimum Gasteiger partial charge on any atom is -0.495 e. The SMILES string of the molecule is COc1ccc(C2(C)CCOCC2)cc1S(=O)(=O)NC(=O)c1ccc2c(-c3cc(N)n(C)n3)cccc2n1. The van der Waals surface area contributed by atoms with Gasteiger partial charge in [-0.3, -0.25) is 9.48 Å². The lowest BCUT2D eigenvalue weighted by Crippen LogP contribution is -2.33. The van der Waals surface area contributed by atoms with Crippen molar-refractivity contribution in [3.63, 3.8) is 0 Å². The van der Waals surface area contributed by atoms with E-state index in [1.165, 1.54) is 13.2 Å². The van der Waals surface area contributed by atoms with E-state index in [0.717, 1.165) is 29.4 Å². The van der Waals surface area contributed by atoms with Gasteiger partial charge in [-0.1, -0.05) is 25.1 Å². The van der Waals surface area contributed by atoms with E-state index in [-0.39, 0.29) is 21.8 Å². The number of carbonyl (C=O) groups is 1. The monoisotopic (exact) mass is 535 g/mol. The normalized spacial score (nSPS) is 15.3. The zero-order valence-corrected chi connectivity index (χ0v) is 22.2. The second-order valence-electron chi connectivity index (χ2n) is 9.62. The van der Waals surface area contributed by atoms with E-state index in [1.54, 1.807) is 48.1 Å². The molecule has 10 nitrogen and oxygen atoms in total. The fourth-order valence-corrected chi connectivity index (χ4v) is 5.88. The Labute approximate surface area is 220 Å². The number of carbonyl (C=O) groups excluding carboxylic acids is 1. The van der Waals surface area contributed by atoms with E-state index < -0.39 is 15.9 Å². The molecular weight excluding hydrogens is 506 g/mol. The first-order valence-corrected chi connectivity index (χ1v) is 13.6. The van der Waals surface area contributed by atoms with Crippen LogP contribution < -0.4 is 15.2 Å². The number of hydrogen-bond donors (Lipinski definition) is 2. The predicted molar refractivity (Wildman–Crippen MR) is 143 cm³/mol. The molecule has 2 aromatic heterocycles. The first kappa shape index (κ1) is 25.7. The molecule has 0 saturated carbocycles. The highest BCUT2D eigenvalue weighted by molar-refractivity contribution is 7.90. The van der Waals surface area contributed by atoms with Crippen LogP contribution >= 0.6 is 0 Å². The standard InChI is InChI=1S/C27H29N5O5S/c1-27(11-13-37-14-12-27)17-7-10-23(36-3)24(15-17)38(34,35)31-26(33)21-9-8-19-18(5-4-6-20(19)29-21)22-16-25(28)32(2)30-22/h4-10,15-16H,11-14,28H2,1-3H3,(H,31,33). The smallest absolute Gasteiger partial charge is 0.283 e. The number of pyridine rings is 1. The summed E-state index contributed by atoms with van der Waals surface area (Å²) in [7, 11) is -1.12. The number of benzene rings is 2. The second kappa shape index (κ2) is 9.73. The largest absolute Gasteiger partial charge is 0.495 e. The topological polar surface area (TPSA) is 138 Å². The molecular formula is C27H29N5O5S. The van der Waals surface area contributed by atoms with Gasteiger partial charge in [0, 0.05) is 37.3 Å². The quantitative estimate of drug-likeness (QED) is 0.383. The van der Waals surface area contributed by atoms with Gasteiger partial charge in [0.2, 0.25) is 0 Å². The minimum absolute atomic E-state index is 0.0368. The third kappa shape index (κ3) is 4.70. The summed E-state index contributed by atoms with van der Waals surface area (Å²) in [6, 6.07) is 15.4. The van der Waals surface area contributed by atoms with Crippen LogP contribution in [0.1, 0.15) is 35.8 Å². The Kier molecular flexibility index (Phi) is 6.58. The average molecular weight is 536 g/mol.